The molecule has 0 unspecified atom stereocenters. The summed E-state index contributed by atoms with van der Waals surface area (Å²) in [7, 11) is 1.58. The Morgan fingerprint density at radius 2 is 2.14 bits per heavy atom. The Bertz CT molecular complexity index is 511. The van der Waals surface area contributed by atoms with E-state index in [1.165, 1.54) is 0 Å². The van der Waals surface area contributed by atoms with E-state index < -0.39 is 0 Å². The maximum Gasteiger partial charge on any atom is 0.309 e. The lowest BCUT2D eigenvalue weighted by Gasteiger charge is -2.32. The molecular formula is C15H21N3O3. The molecule has 1 amide bonds. The van der Waals surface area contributed by atoms with Gasteiger partial charge in [0, 0.05) is 32.0 Å². The predicted octanol–water partition coefficient (Wildman–Crippen LogP) is 1.22. The molecule has 6 nitrogen and oxygen atoms in total. The Labute approximate surface area is 124 Å². The highest BCUT2D eigenvalue weighted by atomic mass is 16.5. The van der Waals surface area contributed by atoms with Crippen LogP contribution in [0.15, 0.2) is 18.3 Å². The minimum absolute atomic E-state index is 0.0125. The van der Waals surface area contributed by atoms with Crippen LogP contribution in [-0.2, 0) is 9.53 Å². The third-order valence-corrected chi connectivity index (χ3v) is 3.68. The number of anilines is 1. The van der Waals surface area contributed by atoms with Crippen molar-refractivity contribution >= 4 is 17.6 Å². The predicted molar refractivity (Wildman–Crippen MR) is 79.2 cm³/mol. The molecule has 6 heteroatoms. The number of hydrogen-bond donors (Lipinski definition) is 1. The normalized spacial score (nSPS) is 15.6. The van der Waals surface area contributed by atoms with Crippen LogP contribution in [0.2, 0.25) is 0 Å². The number of esters is 1. The Morgan fingerprint density at radius 3 is 2.76 bits per heavy atom. The highest BCUT2D eigenvalue weighted by Crippen LogP contribution is 2.24. The van der Waals surface area contributed by atoms with Crippen molar-refractivity contribution in [3.8, 4) is 0 Å². The second-order valence-electron chi connectivity index (χ2n) is 4.99. The van der Waals surface area contributed by atoms with Gasteiger partial charge in [0.1, 0.15) is 5.69 Å². The van der Waals surface area contributed by atoms with Gasteiger partial charge in [-0.1, -0.05) is 0 Å². The van der Waals surface area contributed by atoms with Gasteiger partial charge >= 0.3 is 5.97 Å². The molecule has 0 atom stereocenters. The van der Waals surface area contributed by atoms with Gasteiger partial charge in [-0.05, 0) is 31.9 Å². The molecule has 1 aliphatic rings. The van der Waals surface area contributed by atoms with Crippen molar-refractivity contribution in [1.82, 2.24) is 10.3 Å². The van der Waals surface area contributed by atoms with E-state index in [9.17, 15) is 9.59 Å². The van der Waals surface area contributed by atoms with Crippen LogP contribution in [0.5, 0.6) is 0 Å². The second kappa shape index (κ2) is 7.06. The number of ether oxygens (including phenoxy) is 1. The van der Waals surface area contributed by atoms with Crippen molar-refractivity contribution in [3.05, 3.63) is 24.0 Å². The highest BCUT2D eigenvalue weighted by Gasteiger charge is 2.26. The SMILES string of the molecule is CCOC(=O)C1CCN(c2ccnc(C(=O)NC)c2)CC1. The van der Waals surface area contributed by atoms with E-state index in [2.05, 4.69) is 15.2 Å². The molecule has 1 aliphatic heterocycles. The number of pyridine rings is 1. The van der Waals surface area contributed by atoms with Gasteiger partial charge in [-0.2, -0.15) is 0 Å². The summed E-state index contributed by atoms with van der Waals surface area (Å²) in [6.07, 6.45) is 3.18. The number of rotatable bonds is 4. The fraction of sp³-hybridized carbons (Fsp3) is 0.533. The minimum atomic E-state index is -0.196. The quantitative estimate of drug-likeness (QED) is 0.845. The number of amides is 1. The van der Waals surface area contributed by atoms with Crippen LogP contribution in [0.25, 0.3) is 0 Å². The standard InChI is InChI=1S/C15H21N3O3/c1-3-21-15(20)11-5-8-18(9-6-11)12-4-7-17-13(10-12)14(19)16-2/h4,7,10-11H,3,5-6,8-9H2,1-2H3,(H,16,19). The van der Waals surface area contributed by atoms with Gasteiger partial charge in [-0.25, -0.2) is 0 Å². The molecule has 0 aliphatic carbocycles. The first-order valence-electron chi connectivity index (χ1n) is 7.25. The van der Waals surface area contributed by atoms with Crippen molar-refractivity contribution in [2.24, 2.45) is 5.92 Å². The van der Waals surface area contributed by atoms with Crippen molar-refractivity contribution in [1.29, 1.82) is 0 Å². The maximum atomic E-state index is 11.7. The molecule has 1 aromatic rings. The molecule has 0 saturated carbocycles. The van der Waals surface area contributed by atoms with Crippen LogP contribution in [-0.4, -0.2) is 43.6 Å². The molecule has 2 rings (SSSR count). The Hall–Kier alpha value is -2.11. The average molecular weight is 291 g/mol. The van der Waals surface area contributed by atoms with E-state index in [0.29, 0.717) is 12.3 Å². The molecule has 0 radical (unpaired) electrons. The molecule has 1 N–H and O–H groups in total. The van der Waals surface area contributed by atoms with E-state index in [4.69, 9.17) is 4.74 Å². The number of carbonyl (C=O) groups is 2. The zero-order chi connectivity index (χ0) is 15.2. The lowest BCUT2D eigenvalue weighted by Crippen LogP contribution is -2.37. The van der Waals surface area contributed by atoms with Crippen molar-refractivity contribution in [2.45, 2.75) is 19.8 Å². The first kappa shape index (κ1) is 15.3. The lowest BCUT2D eigenvalue weighted by atomic mass is 9.96. The van der Waals surface area contributed by atoms with Gasteiger partial charge < -0.3 is 15.0 Å². The molecule has 0 bridgehead atoms. The molecule has 1 aromatic heterocycles. The summed E-state index contributed by atoms with van der Waals surface area (Å²) in [5, 5.41) is 2.57. The van der Waals surface area contributed by atoms with E-state index >= 15 is 0 Å². The smallest absolute Gasteiger partial charge is 0.309 e. The molecule has 114 valence electrons. The third-order valence-electron chi connectivity index (χ3n) is 3.68. The largest absolute Gasteiger partial charge is 0.466 e. The summed E-state index contributed by atoms with van der Waals surface area (Å²) in [6.45, 7) is 3.81. The molecule has 21 heavy (non-hydrogen) atoms. The zero-order valence-corrected chi connectivity index (χ0v) is 12.5. The maximum absolute atomic E-state index is 11.7. The number of nitrogens with one attached hydrogen (secondary N) is 1. The Morgan fingerprint density at radius 1 is 1.43 bits per heavy atom. The molecule has 0 aromatic carbocycles. The number of hydrogen-bond acceptors (Lipinski definition) is 5. The molecular weight excluding hydrogens is 270 g/mol. The molecule has 0 spiro atoms. The zero-order valence-electron chi connectivity index (χ0n) is 12.5. The third kappa shape index (κ3) is 3.71. The van der Waals surface area contributed by atoms with E-state index in [1.54, 1.807) is 19.3 Å². The van der Waals surface area contributed by atoms with Gasteiger partial charge in [0.15, 0.2) is 0 Å². The fourth-order valence-electron chi connectivity index (χ4n) is 2.50. The summed E-state index contributed by atoms with van der Waals surface area (Å²) >= 11 is 0. The van der Waals surface area contributed by atoms with Crippen LogP contribution < -0.4 is 10.2 Å². The number of aromatic nitrogens is 1. The van der Waals surface area contributed by atoms with Gasteiger partial charge in [0.05, 0.1) is 12.5 Å². The van der Waals surface area contributed by atoms with Gasteiger partial charge in [-0.3, -0.25) is 14.6 Å². The first-order chi connectivity index (χ1) is 10.2. The second-order valence-corrected chi connectivity index (χ2v) is 4.99. The van der Waals surface area contributed by atoms with Crippen LogP contribution in [0.1, 0.15) is 30.3 Å². The monoisotopic (exact) mass is 291 g/mol. The summed E-state index contributed by atoms with van der Waals surface area (Å²) in [4.78, 5) is 29.6. The lowest BCUT2D eigenvalue weighted by molar-refractivity contribution is -0.148. The molecule has 2 heterocycles. The van der Waals surface area contributed by atoms with E-state index in [-0.39, 0.29) is 17.8 Å². The van der Waals surface area contributed by atoms with Crippen molar-refractivity contribution in [3.63, 3.8) is 0 Å². The van der Waals surface area contributed by atoms with Gasteiger partial charge in [-0.15, -0.1) is 0 Å². The van der Waals surface area contributed by atoms with Gasteiger partial charge in [0.2, 0.25) is 0 Å². The molecule has 1 saturated heterocycles. The Balaban J connectivity index is 1.99. The average Bonchev–Trinajstić information content (AvgIpc) is 2.54. The van der Waals surface area contributed by atoms with Crippen LogP contribution >= 0.6 is 0 Å². The van der Waals surface area contributed by atoms with Crippen LogP contribution in [0.4, 0.5) is 5.69 Å². The number of nitrogens with zero attached hydrogens (tertiary/aromatic N) is 2. The van der Waals surface area contributed by atoms with E-state index in [1.807, 2.05) is 13.0 Å². The fourth-order valence-corrected chi connectivity index (χ4v) is 2.50. The topological polar surface area (TPSA) is 71.5 Å². The Kier molecular flexibility index (Phi) is 5.14. The van der Waals surface area contributed by atoms with E-state index in [0.717, 1.165) is 31.6 Å². The van der Waals surface area contributed by atoms with Crippen LogP contribution in [0.3, 0.4) is 0 Å². The van der Waals surface area contributed by atoms with Gasteiger partial charge in [0.25, 0.3) is 5.91 Å². The van der Waals surface area contributed by atoms with Crippen molar-refractivity contribution < 1.29 is 14.3 Å². The summed E-state index contributed by atoms with van der Waals surface area (Å²) in [6, 6.07) is 3.67. The summed E-state index contributed by atoms with van der Waals surface area (Å²) in [5.74, 6) is -0.308. The summed E-state index contributed by atoms with van der Waals surface area (Å²) < 4.78 is 5.07. The highest BCUT2D eigenvalue weighted by molar-refractivity contribution is 5.92. The minimum Gasteiger partial charge on any atom is -0.466 e. The molecule has 1 fully saturated rings. The van der Waals surface area contributed by atoms with Crippen LogP contribution in [0, 0.1) is 5.92 Å². The van der Waals surface area contributed by atoms with Crippen molar-refractivity contribution in [2.75, 3.05) is 31.6 Å². The number of piperidine rings is 1. The summed E-state index contributed by atoms with van der Waals surface area (Å²) in [5.41, 5.74) is 1.37. The first-order valence-corrected chi connectivity index (χ1v) is 7.25. The number of carbonyl (C=O) groups excluding carboxylic acids is 2.